The van der Waals surface area contributed by atoms with E-state index in [1.54, 1.807) is 35.9 Å². The lowest BCUT2D eigenvalue weighted by molar-refractivity contribution is 0.0735. The molecule has 1 saturated heterocycles. The molecule has 1 fully saturated rings. The number of amides is 1. The summed E-state index contributed by atoms with van der Waals surface area (Å²) in [6.45, 7) is 1.02. The number of carbonyl (C=O) groups is 1. The van der Waals surface area contributed by atoms with Crippen LogP contribution in [0.1, 0.15) is 39.7 Å². The average Bonchev–Trinajstić information content (AvgIpc) is 3.46. The van der Waals surface area contributed by atoms with E-state index in [4.69, 9.17) is 0 Å². The molecule has 2 aromatic heterocycles. The van der Waals surface area contributed by atoms with Gasteiger partial charge in [0.25, 0.3) is 5.91 Å². The fourth-order valence-corrected chi connectivity index (χ4v) is 5.46. The van der Waals surface area contributed by atoms with Crippen LogP contribution >= 0.6 is 11.3 Å². The van der Waals surface area contributed by atoms with Crippen LogP contribution < -0.4 is 4.72 Å². The van der Waals surface area contributed by atoms with Crippen molar-refractivity contribution in [2.75, 3.05) is 13.1 Å². The number of benzene rings is 1. The predicted octanol–water partition coefficient (Wildman–Crippen LogP) is 3.64. The topological polar surface area (TPSA) is 79.4 Å². The molecule has 8 heteroatoms. The molecule has 3 aromatic rings. The lowest BCUT2D eigenvalue weighted by Gasteiger charge is -2.25. The van der Waals surface area contributed by atoms with Gasteiger partial charge in [-0.2, -0.15) is 0 Å². The van der Waals surface area contributed by atoms with Crippen molar-refractivity contribution >= 4 is 27.3 Å². The van der Waals surface area contributed by atoms with E-state index in [-0.39, 0.29) is 16.8 Å². The molecule has 1 aliphatic heterocycles. The van der Waals surface area contributed by atoms with E-state index in [0.29, 0.717) is 25.1 Å². The van der Waals surface area contributed by atoms with Gasteiger partial charge in [-0.1, -0.05) is 12.1 Å². The minimum atomic E-state index is -3.61. The second kappa shape index (κ2) is 9.07. The van der Waals surface area contributed by atoms with Gasteiger partial charge < -0.3 is 4.90 Å². The number of nitrogens with one attached hydrogen (secondary N) is 1. The molecule has 1 aliphatic rings. The molecule has 1 aromatic carbocycles. The maximum atomic E-state index is 13.0. The number of rotatable bonds is 7. The number of carbonyl (C=O) groups excluding carboxylic acids is 1. The second-order valence-corrected chi connectivity index (χ2v) is 9.99. The first-order valence-corrected chi connectivity index (χ1v) is 12.2. The van der Waals surface area contributed by atoms with Crippen LogP contribution in [0, 0.1) is 0 Å². The molecule has 0 radical (unpaired) electrons. The molecule has 0 saturated carbocycles. The molecule has 0 spiro atoms. The van der Waals surface area contributed by atoms with Crippen molar-refractivity contribution in [1.82, 2.24) is 14.6 Å². The van der Waals surface area contributed by atoms with Crippen LogP contribution in [-0.2, 0) is 16.4 Å². The molecule has 156 valence electrons. The first kappa shape index (κ1) is 20.7. The average molecular weight is 442 g/mol. The predicted molar refractivity (Wildman–Crippen MR) is 117 cm³/mol. The Labute approximate surface area is 180 Å². The zero-order valence-electron chi connectivity index (χ0n) is 16.4. The third-order valence-electron chi connectivity index (χ3n) is 5.24. The Kier molecular flexibility index (Phi) is 6.26. The molecule has 1 unspecified atom stereocenters. The fourth-order valence-electron chi connectivity index (χ4n) is 3.72. The smallest absolute Gasteiger partial charge is 0.254 e. The van der Waals surface area contributed by atoms with Crippen LogP contribution in [0.5, 0.6) is 0 Å². The van der Waals surface area contributed by atoms with Crippen LogP contribution in [0.2, 0.25) is 0 Å². The number of nitrogens with zero attached hydrogens (tertiary/aromatic N) is 2. The Morgan fingerprint density at radius 1 is 1.17 bits per heavy atom. The zero-order valence-corrected chi connectivity index (χ0v) is 18.0. The number of sulfonamides is 1. The van der Waals surface area contributed by atoms with Crippen molar-refractivity contribution in [2.24, 2.45) is 0 Å². The highest BCUT2D eigenvalue weighted by Gasteiger charge is 2.30. The highest BCUT2D eigenvalue weighted by molar-refractivity contribution is 7.89. The molecular weight excluding hydrogens is 418 g/mol. The minimum absolute atomic E-state index is 0.00790. The standard InChI is InChI=1S/C22H23N3O3S2/c26-22(25-14-2-6-21(25)18-4-1-12-23-16-18)17-7-9-20(10-8-17)30(27,28)24-13-11-19-5-3-15-29-19/h1,3-5,7-10,12,15-16,21,24H,2,6,11,13-14H2. The third-order valence-corrected chi connectivity index (χ3v) is 7.65. The maximum absolute atomic E-state index is 13.0. The van der Waals surface area contributed by atoms with E-state index in [0.717, 1.165) is 23.3 Å². The highest BCUT2D eigenvalue weighted by Crippen LogP contribution is 2.32. The maximum Gasteiger partial charge on any atom is 0.254 e. The van der Waals surface area contributed by atoms with Crippen molar-refractivity contribution in [1.29, 1.82) is 0 Å². The molecule has 1 amide bonds. The zero-order chi connectivity index (χ0) is 21.0. The van der Waals surface area contributed by atoms with Gasteiger partial charge in [0.05, 0.1) is 10.9 Å². The van der Waals surface area contributed by atoms with Crippen molar-refractivity contribution in [3.05, 3.63) is 82.3 Å². The summed E-state index contributed by atoms with van der Waals surface area (Å²) >= 11 is 1.60. The summed E-state index contributed by atoms with van der Waals surface area (Å²) in [4.78, 5) is 20.3. The Morgan fingerprint density at radius 3 is 2.70 bits per heavy atom. The first-order chi connectivity index (χ1) is 14.5. The summed E-state index contributed by atoms with van der Waals surface area (Å²) in [6, 6.07) is 14.0. The van der Waals surface area contributed by atoms with Crippen LogP contribution in [0.3, 0.4) is 0 Å². The van der Waals surface area contributed by atoms with E-state index in [1.807, 2.05) is 34.5 Å². The number of hydrogen-bond donors (Lipinski definition) is 1. The highest BCUT2D eigenvalue weighted by atomic mass is 32.2. The van der Waals surface area contributed by atoms with Crippen molar-refractivity contribution in [3.8, 4) is 0 Å². The fraction of sp³-hybridized carbons (Fsp3) is 0.273. The number of pyridine rings is 1. The van der Waals surface area contributed by atoms with Gasteiger partial charge in [-0.3, -0.25) is 9.78 Å². The molecule has 3 heterocycles. The van der Waals surface area contributed by atoms with Gasteiger partial charge in [-0.05, 0) is 66.6 Å². The number of likely N-dealkylation sites (tertiary alicyclic amines) is 1. The summed E-state index contributed by atoms with van der Waals surface area (Å²) < 4.78 is 27.7. The van der Waals surface area contributed by atoms with Crippen molar-refractivity contribution < 1.29 is 13.2 Å². The van der Waals surface area contributed by atoms with Crippen molar-refractivity contribution in [3.63, 3.8) is 0 Å². The van der Waals surface area contributed by atoms with Gasteiger partial charge in [0.2, 0.25) is 10.0 Å². The monoisotopic (exact) mass is 441 g/mol. The molecule has 0 aliphatic carbocycles. The van der Waals surface area contributed by atoms with Crippen LogP contribution in [0.4, 0.5) is 0 Å². The molecule has 4 rings (SSSR count). The SMILES string of the molecule is O=C(c1ccc(S(=O)(=O)NCCc2cccs2)cc1)N1CCCC1c1cccnc1. The summed E-state index contributed by atoms with van der Waals surface area (Å²) in [5, 5.41) is 1.97. The molecular formula is C22H23N3O3S2. The van der Waals surface area contributed by atoms with Gasteiger partial charge in [-0.15, -0.1) is 11.3 Å². The number of aromatic nitrogens is 1. The van der Waals surface area contributed by atoms with Crippen LogP contribution in [0.25, 0.3) is 0 Å². The van der Waals surface area contributed by atoms with E-state index in [9.17, 15) is 13.2 Å². The molecule has 6 nitrogen and oxygen atoms in total. The largest absolute Gasteiger partial charge is 0.332 e. The van der Waals surface area contributed by atoms with Gasteiger partial charge in [0, 0.05) is 35.9 Å². The quantitative estimate of drug-likeness (QED) is 0.607. The first-order valence-electron chi connectivity index (χ1n) is 9.87. The summed E-state index contributed by atoms with van der Waals surface area (Å²) in [6.07, 6.45) is 6.01. The Balaban J connectivity index is 1.43. The van der Waals surface area contributed by atoms with Crippen molar-refractivity contribution in [2.45, 2.75) is 30.2 Å². The Morgan fingerprint density at radius 2 is 2.00 bits per heavy atom. The van der Waals surface area contributed by atoms with Gasteiger partial charge in [-0.25, -0.2) is 13.1 Å². The lowest BCUT2D eigenvalue weighted by atomic mass is 10.1. The minimum Gasteiger partial charge on any atom is -0.332 e. The van der Waals surface area contributed by atoms with Gasteiger partial charge >= 0.3 is 0 Å². The Hall–Kier alpha value is -2.55. The lowest BCUT2D eigenvalue weighted by Crippen LogP contribution is -2.30. The van der Waals surface area contributed by atoms with E-state index >= 15 is 0 Å². The molecule has 1 N–H and O–H groups in total. The third kappa shape index (κ3) is 4.61. The normalized spacial score (nSPS) is 16.7. The summed E-state index contributed by atoms with van der Waals surface area (Å²) in [7, 11) is -3.61. The summed E-state index contributed by atoms with van der Waals surface area (Å²) in [5.74, 6) is -0.0871. The van der Waals surface area contributed by atoms with Crippen LogP contribution in [0.15, 0.2) is 71.2 Å². The second-order valence-electron chi connectivity index (χ2n) is 7.19. The molecule has 1 atom stereocenters. The van der Waals surface area contributed by atoms with E-state index in [1.165, 1.54) is 12.1 Å². The summed E-state index contributed by atoms with van der Waals surface area (Å²) in [5.41, 5.74) is 1.51. The van der Waals surface area contributed by atoms with Crippen LogP contribution in [-0.4, -0.2) is 37.3 Å². The van der Waals surface area contributed by atoms with E-state index < -0.39 is 10.0 Å². The number of hydrogen-bond acceptors (Lipinski definition) is 5. The van der Waals surface area contributed by atoms with E-state index in [2.05, 4.69) is 9.71 Å². The van der Waals surface area contributed by atoms with Gasteiger partial charge in [0.1, 0.15) is 0 Å². The number of thiophene rings is 1. The molecule has 30 heavy (non-hydrogen) atoms. The Bertz CT molecular complexity index is 1080. The van der Waals surface area contributed by atoms with Gasteiger partial charge in [0.15, 0.2) is 0 Å². The molecule has 0 bridgehead atoms.